The van der Waals surface area contributed by atoms with Crippen LogP contribution < -0.4 is 0 Å². The number of aliphatic hydroxyl groups excluding tert-OH is 1. The number of aromatic amines is 1. The van der Waals surface area contributed by atoms with Crippen LogP contribution in [0.25, 0.3) is 16.5 Å². The minimum absolute atomic E-state index is 0.148. The maximum absolute atomic E-state index is 9.99. The van der Waals surface area contributed by atoms with Crippen molar-refractivity contribution in [2.24, 2.45) is 5.11 Å². The van der Waals surface area contributed by atoms with E-state index in [4.69, 9.17) is 5.53 Å². The zero-order chi connectivity index (χ0) is 13.5. The minimum atomic E-state index is -1.12. The monoisotopic (exact) mass is 257 g/mol. The Morgan fingerprint density at radius 1 is 1.37 bits per heavy atom. The van der Waals surface area contributed by atoms with Gasteiger partial charge in [-0.2, -0.15) is 0 Å². The third kappa shape index (κ3) is 3.38. The second kappa shape index (κ2) is 6.29. The molecule has 0 amide bonds. The van der Waals surface area contributed by atoms with Crippen LogP contribution in [0.5, 0.6) is 0 Å². The molecular weight excluding hydrogens is 246 g/mol. The Bertz CT molecular complexity index is 574. The molecule has 0 bridgehead atoms. The second-order valence-electron chi connectivity index (χ2n) is 3.70. The predicted octanol–water partition coefficient (Wildman–Crippen LogP) is 1.63. The summed E-state index contributed by atoms with van der Waals surface area (Å²) < 4.78 is 0. The van der Waals surface area contributed by atoms with Gasteiger partial charge in [-0.15, -0.1) is 5.10 Å². The van der Waals surface area contributed by atoms with E-state index in [0.717, 1.165) is 5.56 Å². The van der Waals surface area contributed by atoms with Gasteiger partial charge in [-0.1, -0.05) is 47.6 Å². The lowest BCUT2D eigenvalue weighted by atomic mass is 10.1. The molecule has 2 aromatic rings. The van der Waals surface area contributed by atoms with Gasteiger partial charge in [0.25, 0.3) is 0 Å². The summed E-state index contributed by atoms with van der Waals surface area (Å²) in [5.41, 5.74) is 9.47. The molecule has 1 aromatic heterocycles. The van der Waals surface area contributed by atoms with Crippen molar-refractivity contribution in [2.75, 3.05) is 0 Å². The van der Waals surface area contributed by atoms with E-state index in [1.54, 1.807) is 12.2 Å². The molecule has 0 saturated carbocycles. The maximum atomic E-state index is 9.99. The summed E-state index contributed by atoms with van der Waals surface area (Å²) in [6, 6.07) is 8.67. The number of nitrogens with one attached hydrogen (secondary N) is 1. The largest absolute Gasteiger partial charge is 0.384 e. The van der Waals surface area contributed by atoms with E-state index in [-0.39, 0.29) is 5.82 Å². The molecule has 2 atom stereocenters. The first-order chi connectivity index (χ1) is 9.31. The van der Waals surface area contributed by atoms with Gasteiger partial charge in [-0.25, -0.2) is 5.10 Å². The Morgan fingerprint density at radius 2 is 2.16 bits per heavy atom. The Labute approximate surface area is 108 Å². The van der Waals surface area contributed by atoms with Gasteiger partial charge in [0.1, 0.15) is 6.10 Å². The number of tetrazole rings is 1. The summed E-state index contributed by atoms with van der Waals surface area (Å²) in [6.07, 6.45) is 2.24. The molecule has 0 fully saturated rings. The molecule has 0 aliphatic heterocycles. The molecule has 8 nitrogen and oxygen atoms in total. The number of azide groups is 1. The van der Waals surface area contributed by atoms with E-state index in [2.05, 4.69) is 30.7 Å². The number of benzene rings is 1. The first-order valence-corrected chi connectivity index (χ1v) is 5.50. The van der Waals surface area contributed by atoms with E-state index in [1.165, 1.54) is 0 Å². The van der Waals surface area contributed by atoms with E-state index in [1.807, 2.05) is 30.3 Å². The molecule has 2 rings (SSSR count). The van der Waals surface area contributed by atoms with Gasteiger partial charge in [0.15, 0.2) is 5.82 Å². The van der Waals surface area contributed by atoms with Crippen molar-refractivity contribution in [2.45, 2.75) is 12.1 Å². The lowest BCUT2D eigenvalue weighted by Crippen LogP contribution is -2.15. The van der Waals surface area contributed by atoms with Crippen molar-refractivity contribution in [1.29, 1.82) is 0 Å². The van der Waals surface area contributed by atoms with Crippen molar-refractivity contribution < 1.29 is 5.11 Å². The smallest absolute Gasteiger partial charge is 0.178 e. The van der Waals surface area contributed by atoms with Gasteiger partial charge in [0.05, 0.1) is 6.04 Å². The van der Waals surface area contributed by atoms with Gasteiger partial charge in [-0.05, 0) is 21.5 Å². The van der Waals surface area contributed by atoms with Gasteiger partial charge in [-0.3, -0.25) is 0 Å². The zero-order valence-corrected chi connectivity index (χ0v) is 9.83. The van der Waals surface area contributed by atoms with Crippen LogP contribution in [0.15, 0.2) is 41.5 Å². The van der Waals surface area contributed by atoms with Crippen LogP contribution in [0.3, 0.4) is 0 Å². The highest BCUT2D eigenvalue weighted by atomic mass is 16.3. The average Bonchev–Trinajstić information content (AvgIpc) is 2.98. The number of rotatable bonds is 5. The Morgan fingerprint density at radius 3 is 2.79 bits per heavy atom. The number of aromatic nitrogens is 4. The molecule has 2 unspecified atom stereocenters. The number of H-pyrrole nitrogens is 1. The standard InChI is InChI=1S/C11H11N7O/c12-16-13-9(10(19)11-14-17-18-15-11)7-6-8-4-2-1-3-5-8/h1-7,9-10,19H,(H,14,15,17,18)/b7-6+. The van der Waals surface area contributed by atoms with Crippen molar-refractivity contribution in [3.8, 4) is 0 Å². The van der Waals surface area contributed by atoms with Crippen molar-refractivity contribution in [1.82, 2.24) is 20.6 Å². The van der Waals surface area contributed by atoms with Crippen LogP contribution >= 0.6 is 0 Å². The van der Waals surface area contributed by atoms with Crippen LogP contribution in [-0.4, -0.2) is 31.8 Å². The lowest BCUT2D eigenvalue weighted by Gasteiger charge is -2.11. The number of nitrogens with zero attached hydrogens (tertiary/aromatic N) is 6. The highest BCUT2D eigenvalue weighted by Gasteiger charge is 2.20. The van der Waals surface area contributed by atoms with Crippen molar-refractivity contribution in [3.63, 3.8) is 0 Å². The fraction of sp³-hybridized carbons (Fsp3) is 0.182. The van der Waals surface area contributed by atoms with E-state index >= 15 is 0 Å². The molecule has 1 aromatic carbocycles. The molecule has 0 radical (unpaired) electrons. The lowest BCUT2D eigenvalue weighted by molar-refractivity contribution is 0.154. The van der Waals surface area contributed by atoms with Crippen LogP contribution in [0.1, 0.15) is 17.5 Å². The van der Waals surface area contributed by atoms with Crippen LogP contribution in [-0.2, 0) is 0 Å². The highest BCUT2D eigenvalue weighted by Crippen LogP contribution is 2.17. The zero-order valence-electron chi connectivity index (χ0n) is 9.83. The van der Waals surface area contributed by atoms with Crippen molar-refractivity contribution >= 4 is 6.08 Å². The maximum Gasteiger partial charge on any atom is 0.178 e. The van der Waals surface area contributed by atoms with Gasteiger partial charge in [0, 0.05) is 4.91 Å². The highest BCUT2D eigenvalue weighted by molar-refractivity contribution is 5.49. The molecule has 96 valence electrons. The molecule has 0 spiro atoms. The van der Waals surface area contributed by atoms with Gasteiger partial charge in [0.2, 0.25) is 0 Å². The molecule has 0 aliphatic carbocycles. The van der Waals surface area contributed by atoms with E-state index < -0.39 is 12.1 Å². The fourth-order valence-electron chi connectivity index (χ4n) is 1.49. The van der Waals surface area contributed by atoms with Crippen LogP contribution in [0.2, 0.25) is 0 Å². The Kier molecular flexibility index (Phi) is 4.22. The summed E-state index contributed by atoms with van der Waals surface area (Å²) in [7, 11) is 0. The Balaban J connectivity index is 2.17. The third-order valence-electron chi connectivity index (χ3n) is 2.44. The molecule has 0 aliphatic rings. The number of hydrogen-bond donors (Lipinski definition) is 2. The summed E-state index contributed by atoms with van der Waals surface area (Å²) in [4.78, 5) is 2.71. The SMILES string of the molecule is [N-]=[N+]=NC(/C=C/c1ccccc1)C(O)c1nnn[nH]1. The van der Waals surface area contributed by atoms with E-state index in [0.29, 0.717) is 0 Å². The van der Waals surface area contributed by atoms with E-state index in [9.17, 15) is 5.11 Å². The number of aliphatic hydroxyl groups is 1. The van der Waals surface area contributed by atoms with Gasteiger partial charge < -0.3 is 5.11 Å². The summed E-state index contributed by atoms with van der Waals surface area (Å²) in [5, 5.41) is 26.3. The first kappa shape index (κ1) is 12.7. The fourth-order valence-corrected chi connectivity index (χ4v) is 1.49. The first-order valence-electron chi connectivity index (χ1n) is 5.50. The summed E-state index contributed by atoms with van der Waals surface area (Å²) in [6.45, 7) is 0. The second-order valence-corrected chi connectivity index (χ2v) is 3.70. The molecule has 8 heteroatoms. The molecule has 1 heterocycles. The Hall–Kier alpha value is -2.70. The summed E-state index contributed by atoms with van der Waals surface area (Å²) >= 11 is 0. The molecule has 19 heavy (non-hydrogen) atoms. The molecule has 0 saturated heterocycles. The normalized spacial score (nSPS) is 13.9. The quantitative estimate of drug-likeness (QED) is 0.479. The van der Waals surface area contributed by atoms with Gasteiger partial charge >= 0.3 is 0 Å². The molecular formula is C11H11N7O. The van der Waals surface area contributed by atoms with Crippen LogP contribution in [0.4, 0.5) is 0 Å². The van der Waals surface area contributed by atoms with Crippen LogP contribution in [0, 0.1) is 0 Å². The average molecular weight is 257 g/mol. The summed E-state index contributed by atoms with van der Waals surface area (Å²) in [5.74, 6) is 0.148. The number of hydrogen-bond acceptors (Lipinski definition) is 5. The van der Waals surface area contributed by atoms with Crippen molar-refractivity contribution in [3.05, 3.63) is 58.2 Å². The molecule has 2 N–H and O–H groups in total. The minimum Gasteiger partial charge on any atom is -0.384 e. The third-order valence-corrected chi connectivity index (χ3v) is 2.44. The predicted molar refractivity (Wildman–Crippen MR) is 67.5 cm³/mol. The topological polar surface area (TPSA) is 123 Å².